The molecule has 0 saturated carbocycles. The van der Waals surface area contributed by atoms with E-state index < -0.39 is 265 Å². The van der Waals surface area contributed by atoms with Crippen LogP contribution in [0.4, 0.5) is 0 Å². The number of rotatable bonds is 63. The van der Waals surface area contributed by atoms with Gasteiger partial charge in [0.25, 0.3) is 11.6 Å². The maximum atomic E-state index is 14.2. The van der Waals surface area contributed by atoms with Gasteiger partial charge in [-0.05, 0) is 44.9 Å². The van der Waals surface area contributed by atoms with Gasteiger partial charge in [-0.3, -0.25) is 19.2 Å². The van der Waals surface area contributed by atoms with Gasteiger partial charge < -0.3 is 161 Å². The number of aliphatic hydroxyl groups is 16. The van der Waals surface area contributed by atoms with Gasteiger partial charge in [-0.2, -0.15) is 0 Å². The lowest BCUT2D eigenvalue weighted by Crippen LogP contribution is -2.72. The fraction of sp³-hybridized carbons (Fsp3) is 0.884. The topological polar surface area (TPSA) is 607 Å². The van der Waals surface area contributed by atoms with Gasteiger partial charge in [0.05, 0.1) is 76.1 Å². The number of nitrogens with one attached hydrogen (secondary N) is 4. The van der Waals surface area contributed by atoms with Gasteiger partial charge in [-0.15, -0.1) is 0 Å². The molecular formula is C86H152N4O34. The molecule has 38 nitrogen and oxygen atoms in total. The second-order valence-corrected chi connectivity index (χ2v) is 33.9. The molecule has 0 aromatic heterocycles. The maximum absolute atomic E-state index is 14.2. The zero-order valence-electron chi connectivity index (χ0n) is 73.2. The lowest BCUT2D eigenvalue weighted by molar-refractivity contribution is -0.402. The van der Waals surface area contributed by atoms with Gasteiger partial charge in [0.1, 0.15) is 110 Å². The number of allylic oxidation sites excluding steroid dienone is 3. The van der Waals surface area contributed by atoms with Crippen LogP contribution in [-0.2, 0) is 76.1 Å². The number of aliphatic carboxylic acids is 2. The van der Waals surface area contributed by atoms with E-state index in [9.17, 15) is 121 Å². The average Bonchev–Trinajstić information content (AvgIpc) is 0.746. The zero-order chi connectivity index (χ0) is 91.5. The Morgan fingerprint density at radius 3 is 1.31 bits per heavy atom. The van der Waals surface area contributed by atoms with Crippen LogP contribution >= 0.6 is 0 Å². The van der Waals surface area contributed by atoms with Crippen LogP contribution in [0, 0.1) is 0 Å². The van der Waals surface area contributed by atoms with Crippen molar-refractivity contribution in [2.24, 2.45) is 0 Å². The predicted molar refractivity (Wildman–Crippen MR) is 444 cm³/mol. The van der Waals surface area contributed by atoms with E-state index in [1.807, 2.05) is 0 Å². The SMILES string of the molecule is CCCCCCCC/C=C\CCCCCCCCCCCCCCCC(=O)N[C@@H](CO[C@@H]1OC(CO)[C@@H](O[C@@H]2OC(CO)[C@H](O[C@@H]3OC(CO)[C@H](O)[C@H](O)C3NC(C)=O)[C@H](O[C@]3(C(=O)O)CC(O)[C@@H](NC(C)=O)C([C@H](O)[C@@H](CO)O[C@]4(C(=O)O)CC(O)[C@@H](NC(C)=O)C([C@H](O)[C@H](O)CO)O4)O3)C2O)[C@H](O)C1O)[C@H](O)/C=C/CCCCCCCCCCCCC. The van der Waals surface area contributed by atoms with Crippen LogP contribution in [0.5, 0.6) is 0 Å². The predicted octanol–water partition coefficient (Wildman–Crippen LogP) is 1.20. The normalized spacial score (nSPS) is 32.0. The lowest BCUT2D eigenvalue weighted by atomic mass is 9.87. The van der Waals surface area contributed by atoms with E-state index in [0.717, 1.165) is 91.4 Å². The molecule has 5 heterocycles. The van der Waals surface area contributed by atoms with Crippen molar-refractivity contribution in [3.8, 4) is 0 Å². The van der Waals surface area contributed by atoms with Crippen molar-refractivity contribution in [1.29, 1.82) is 0 Å². The first-order valence-corrected chi connectivity index (χ1v) is 45.4. The lowest BCUT2D eigenvalue weighted by Gasteiger charge is -2.52. The van der Waals surface area contributed by atoms with Gasteiger partial charge in [0.15, 0.2) is 18.9 Å². The van der Waals surface area contributed by atoms with E-state index in [4.69, 9.17) is 47.4 Å². The minimum absolute atomic E-state index is 0.110. The Balaban J connectivity index is 1.37. The summed E-state index contributed by atoms with van der Waals surface area (Å²) in [6.07, 6.45) is -7.24. The summed E-state index contributed by atoms with van der Waals surface area (Å²) in [5.41, 5.74) is 0. The number of ether oxygens (including phenoxy) is 10. The summed E-state index contributed by atoms with van der Waals surface area (Å²) in [7, 11) is 0. The number of hydrogen-bond acceptors (Lipinski definition) is 32. The largest absolute Gasteiger partial charge is 0.477 e. The standard InChI is InChI=1S/C86H152N4O34/c1-6-8-10-12-14-16-18-20-21-22-23-24-25-26-27-28-29-31-33-35-37-39-41-43-64(103)90-55(56(99)42-40-38-36-34-32-30-19-17-15-13-11-9-7-2)51-115-81-73(109)72(108)75(62(49-94)117-81)119-82-74(110)79(76(63(50-95)118-82)120-80-67(89-54(5)98)71(107)69(105)60(47-92)116-80)124-86(84(113)114)45-58(101)66(88-53(4)97)78(123-86)70(106)61(48-93)121-85(83(111)112)44-57(100)65(87-52(3)96)77(122-85)68(104)59(102)46-91/h20-21,40,42,55-63,65-82,91-95,99-102,104-110H,6-19,22-39,41,43-51H2,1-5H3,(H,87,96)(H,88,97)(H,89,98)(H,90,103)(H,111,112)(H,113,114)/b21-20-,42-40+/t55-,56+,57?,58?,59+,60?,61+,62?,63?,65+,66+,67?,68+,69-,70+,71+,72+,73?,74?,75+,76-,77?,78?,79+,80-,81+,82-,85+,86-/m0/s1. The monoisotopic (exact) mass is 1790 g/mol. The number of unbranched alkanes of at least 4 members (excludes halogenated alkanes) is 30. The van der Waals surface area contributed by atoms with Crippen LogP contribution in [0.2, 0.25) is 0 Å². The van der Waals surface area contributed by atoms with Crippen molar-refractivity contribution in [2.75, 3.05) is 39.6 Å². The second kappa shape index (κ2) is 58.8. The molecule has 5 saturated heterocycles. The van der Waals surface area contributed by atoms with Crippen LogP contribution in [0.25, 0.3) is 0 Å². The number of carbonyl (C=O) groups excluding carboxylic acids is 4. The maximum Gasteiger partial charge on any atom is 0.364 e. The summed E-state index contributed by atoms with van der Waals surface area (Å²) in [6, 6.07) is -6.83. The summed E-state index contributed by atoms with van der Waals surface area (Å²) in [4.78, 5) is 79.3. The molecule has 124 heavy (non-hydrogen) atoms. The van der Waals surface area contributed by atoms with E-state index in [0.29, 0.717) is 12.8 Å². The highest BCUT2D eigenvalue weighted by Gasteiger charge is 2.64. The average molecular weight is 1790 g/mol. The van der Waals surface area contributed by atoms with Crippen molar-refractivity contribution in [3.63, 3.8) is 0 Å². The number of carbonyl (C=O) groups is 6. The van der Waals surface area contributed by atoms with Crippen molar-refractivity contribution in [2.45, 2.75) is 442 Å². The number of amides is 4. The van der Waals surface area contributed by atoms with E-state index in [-0.39, 0.29) is 6.42 Å². The third-order valence-electron chi connectivity index (χ3n) is 23.6. The summed E-state index contributed by atoms with van der Waals surface area (Å²) in [5.74, 6) is -14.6. The Morgan fingerprint density at radius 2 is 0.847 bits per heavy atom. The molecule has 4 amide bonds. The first kappa shape index (κ1) is 110. The molecule has 22 N–H and O–H groups in total. The van der Waals surface area contributed by atoms with E-state index in [1.54, 1.807) is 6.08 Å². The summed E-state index contributed by atoms with van der Waals surface area (Å²) < 4.78 is 60.0. The molecule has 38 heteroatoms. The minimum atomic E-state index is -3.59. The Kier molecular flexibility index (Phi) is 52.1. The molecule has 0 aliphatic carbocycles. The first-order chi connectivity index (χ1) is 59.3. The highest BCUT2D eigenvalue weighted by atomic mass is 16.8. The Labute approximate surface area is 728 Å². The molecule has 5 aliphatic heterocycles. The molecule has 0 spiro atoms. The number of hydrogen-bond donors (Lipinski definition) is 22. The molecule has 0 radical (unpaired) electrons. The van der Waals surface area contributed by atoms with Gasteiger partial charge in [-0.25, -0.2) is 9.59 Å². The van der Waals surface area contributed by atoms with Crippen molar-refractivity contribution in [3.05, 3.63) is 24.3 Å². The summed E-state index contributed by atoms with van der Waals surface area (Å²) in [6.45, 7) is 0.547. The molecule has 5 aliphatic rings. The highest BCUT2D eigenvalue weighted by molar-refractivity contribution is 5.78. The van der Waals surface area contributed by atoms with Gasteiger partial charge in [0, 0.05) is 40.0 Å². The van der Waals surface area contributed by atoms with Gasteiger partial charge in [0.2, 0.25) is 23.6 Å². The molecule has 5 fully saturated rings. The number of carboxylic acids is 2. The van der Waals surface area contributed by atoms with Crippen LogP contribution < -0.4 is 21.3 Å². The zero-order valence-corrected chi connectivity index (χ0v) is 73.2. The molecule has 0 aromatic rings. The van der Waals surface area contributed by atoms with E-state index in [2.05, 4.69) is 47.3 Å². The molecule has 0 aromatic carbocycles. The van der Waals surface area contributed by atoms with Crippen molar-refractivity contribution in [1.82, 2.24) is 21.3 Å². The fourth-order valence-corrected chi connectivity index (χ4v) is 16.5. The molecule has 10 unspecified atom stereocenters. The van der Waals surface area contributed by atoms with Gasteiger partial charge >= 0.3 is 11.9 Å². The molecule has 29 atom stereocenters. The van der Waals surface area contributed by atoms with Crippen LogP contribution in [0.1, 0.15) is 266 Å². The van der Waals surface area contributed by atoms with Crippen LogP contribution in [0.3, 0.4) is 0 Å². The molecular weight excluding hydrogens is 1630 g/mol. The summed E-state index contributed by atoms with van der Waals surface area (Å²) >= 11 is 0. The smallest absolute Gasteiger partial charge is 0.364 e. The highest BCUT2D eigenvalue weighted by Crippen LogP contribution is 2.43. The van der Waals surface area contributed by atoms with Crippen molar-refractivity contribution < 1.29 is 168 Å². The second-order valence-electron chi connectivity index (χ2n) is 33.9. The van der Waals surface area contributed by atoms with Gasteiger partial charge in [-0.1, -0.05) is 205 Å². The minimum Gasteiger partial charge on any atom is -0.477 e. The Hall–Kier alpha value is -4.74. The fourth-order valence-electron chi connectivity index (χ4n) is 16.5. The van der Waals surface area contributed by atoms with Crippen LogP contribution in [-0.4, -0.2) is 344 Å². The quantitative estimate of drug-likeness (QED) is 0.0300. The summed E-state index contributed by atoms with van der Waals surface area (Å²) in [5, 5.41) is 213. The number of aliphatic hydroxyl groups excluding tert-OH is 16. The molecule has 0 bridgehead atoms. The Morgan fingerprint density at radius 1 is 0.435 bits per heavy atom. The van der Waals surface area contributed by atoms with E-state index in [1.165, 1.54) is 134 Å². The van der Waals surface area contributed by atoms with E-state index >= 15 is 0 Å². The molecule has 720 valence electrons. The van der Waals surface area contributed by atoms with Crippen LogP contribution in [0.15, 0.2) is 24.3 Å². The Bertz CT molecular complexity index is 3060. The molecule has 5 rings (SSSR count). The third-order valence-corrected chi connectivity index (χ3v) is 23.6. The van der Waals surface area contributed by atoms with Crippen molar-refractivity contribution >= 4 is 35.6 Å². The third kappa shape index (κ3) is 35.2. The first-order valence-electron chi connectivity index (χ1n) is 45.4. The number of carboxylic acid groups (broad SMARTS) is 2.